The number of carbonyl (C=O) groups excluding carboxylic acids is 1. The molecule has 2 heterocycles. The standard InChI is InChI=1S/C19H15N5O5/c25-15(20-12-5-3-4-11(10-12)16-21-19(28)29-23-16)8-9-24-18(27)14-7-2-1-6-13(14)17(26)22-24/h1-7,10H,8-9H2,(H,20,25)(H,22,26)(H,21,23,28). The van der Waals surface area contributed by atoms with E-state index in [0.29, 0.717) is 22.0 Å². The minimum Gasteiger partial charge on any atom is -0.326 e. The molecule has 4 aromatic rings. The Morgan fingerprint density at radius 3 is 2.62 bits per heavy atom. The lowest BCUT2D eigenvalue weighted by molar-refractivity contribution is -0.116. The second-order valence-corrected chi connectivity index (χ2v) is 6.27. The van der Waals surface area contributed by atoms with Crippen molar-refractivity contribution in [1.29, 1.82) is 0 Å². The fraction of sp³-hybridized carbons (Fsp3) is 0.105. The summed E-state index contributed by atoms with van der Waals surface area (Å²) in [5.41, 5.74) is 0.277. The molecule has 0 unspecified atom stereocenters. The van der Waals surface area contributed by atoms with Crippen molar-refractivity contribution < 1.29 is 9.32 Å². The average molecular weight is 393 g/mol. The van der Waals surface area contributed by atoms with Crippen LogP contribution in [-0.4, -0.2) is 25.8 Å². The van der Waals surface area contributed by atoms with Gasteiger partial charge >= 0.3 is 5.76 Å². The number of anilines is 1. The van der Waals surface area contributed by atoms with Gasteiger partial charge in [-0.3, -0.25) is 29.0 Å². The van der Waals surface area contributed by atoms with E-state index in [9.17, 15) is 19.2 Å². The topological polar surface area (TPSA) is 143 Å². The van der Waals surface area contributed by atoms with Crippen LogP contribution in [0.3, 0.4) is 0 Å². The van der Waals surface area contributed by atoms with E-state index >= 15 is 0 Å². The molecule has 29 heavy (non-hydrogen) atoms. The highest BCUT2D eigenvalue weighted by Crippen LogP contribution is 2.18. The molecule has 0 radical (unpaired) electrons. The SMILES string of the molecule is O=C(CCn1[nH]c(=O)c2ccccc2c1=O)Nc1cccc(-c2noc(=O)[nH]2)c1. The quantitative estimate of drug-likeness (QED) is 0.463. The van der Waals surface area contributed by atoms with Crippen LogP contribution < -0.4 is 22.2 Å². The molecule has 0 aliphatic carbocycles. The summed E-state index contributed by atoms with van der Waals surface area (Å²) in [6.45, 7) is 0.0149. The van der Waals surface area contributed by atoms with Gasteiger partial charge in [0.05, 0.1) is 17.3 Å². The van der Waals surface area contributed by atoms with Crippen molar-refractivity contribution in [1.82, 2.24) is 19.9 Å². The number of amides is 1. The number of aromatic nitrogens is 4. The Bertz CT molecular complexity index is 1380. The number of nitrogens with zero attached hydrogens (tertiary/aromatic N) is 2. The highest BCUT2D eigenvalue weighted by molar-refractivity contribution is 5.91. The van der Waals surface area contributed by atoms with Gasteiger partial charge in [-0.25, -0.2) is 9.48 Å². The van der Waals surface area contributed by atoms with Crippen molar-refractivity contribution in [3.8, 4) is 11.4 Å². The van der Waals surface area contributed by atoms with Gasteiger partial charge in [0.1, 0.15) is 0 Å². The van der Waals surface area contributed by atoms with Crippen molar-refractivity contribution >= 4 is 22.4 Å². The van der Waals surface area contributed by atoms with E-state index < -0.39 is 11.3 Å². The molecule has 10 heteroatoms. The molecule has 0 bridgehead atoms. The van der Waals surface area contributed by atoms with E-state index in [1.54, 1.807) is 48.5 Å². The second kappa shape index (κ2) is 7.43. The number of hydrogen-bond acceptors (Lipinski definition) is 6. The minimum atomic E-state index is -0.677. The van der Waals surface area contributed by atoms with Gasteiger partial charge in [-0.05, 0) is 24.3 Å². The first-order valence-electron chi connectivity index (χ1n) is 8.69. The molecule has 146 valence electrons. The van der Waals surface area contributed by atoms with E-state index in [2.05, 4.69) is 25.1 Å². The molecule has 4 rings (SSSR count). The lowest BCUT2D eigenvalue weighted by Gasteiger charge is -2.08. The van der Waals surface area contributed by atoms with Crippen LogP contribution in [0.4, 0.5) is 5.69 Å². The fourth-order valence-corrected chi connectivity index (χ4v) is 2.94. The molecule has 0 saturated carbocycles. The number of hydrogen-bond donors (Lipinski definition) is 3. The van der Waals surface area contributed by atoms with Crippen LogP contribution in [0.15, 0.2) is 67.4 Å². The van der Waals surface area contributed by atoms with Gasteiger partial charge in [-0.2, -0.15) is 0 Å². The van der Waals surface area contributed by atoms with E-state index in [4.69, 9.17) is 0 Å². The highest BCUT2D eigenvalue weighted by atomic mass is 16.5. The summed E-state index contributed by atoms with van der Waals surface area (Å²) in [7, 11) is 0. The molecule has 10 nitrogen and oxygen atoms in total. The van der Waals surface area contributed by atoms with Crippen LogP contribution in [-0.2, 0) is 11.3 Å². The number of nitrogens with one attached hydrogen (secondary N) is 3. The summed E-state index contributed by atoms with van der Waals surface area (Å²) in [6.07, 6.45) is -0.0286. The van der Waals surface area contributed by atoms with Crippen molar-refractivity contribution in [2.24, 2.45) is 0 Å². The number of benzene rings is 2. The van der Waals surface area contributed by atoms with Gasteiger partial charge in [0.2, 0.25) is 5.91 Å². The summed E-state index contributed by atoms with van der Waals surface area (Å²) >= 11 is 0. The van der Waals surface area contributed by atoms with E-state index in [-0.39, 0.29) is 30.3 Å². The van der Waals surface area contributed by atoms with Crippen LogP contribution >= 0.6 is 0 Å². The van der Waals surface area contributed by atoms with Crippen LogP contribution in [0.1, 0.15) is 6.42 Å². The van der Waals surface area contributed by atoms with Crippen LogP contribution in [0.25, 0.3) is 22.2 Å². The number of H-pyrrole nitrogens is 2. The third-order valence-electron chi connectivity index (χ3n) is 4.31. The van der Waals surface area contributed by atoms with Crippen LogP contribution in [0.2, 0.25) is 0 Å². The molecule has 0 atom stereocenters. The first kappa shape index (κ1) is 18.2. The third kappa shape index (κ3) is 3.76. The Labute approximate surface area is 161 Å². The van der Waals surface area contributed by atoms with Crippen molar-refractivity contribution in [2.45, 2.75) is 13.0 Å². The van der Waals surface area contributed by atoms with Crippen molar-refractivity contribution in [2.75, 3.05) is 5.32 Å². The number of fused-ring (bicyclic) bond motifs is 1. The molecule has 0 spiro atoms. The molecule has 0 aliphatic rings. The molecular formula is C19H15N5O5. The summed E-state index contributed by atoms with van der Waals surface area (Å²) in [5.74, 6) is -0.785. The van der Waals surface area contributed by atoms with E-state index in [1.165, 1.54) is 0 Å². The van der Waals surface area contributed by atoms with Gasteiger partial charge < -0.3 is 5.32 Å². The third-order valence-corrected chi connectivity index (χ3v) is 4.31. The number of aryl methyl sites for hydroxylation is 1. The maximum atomic E-state index is 12.5. The molecule has 0 fully saturated rings. The Balaban J connectivity index is 1.48. The molecule has 0 saturated heterocycles. The first-order chi connectivity index (χ1) is 14.0. The maximum absolute atomic E-state index is 12.5. The minimum absolute atomic E-state index is 0.0149. The smallest absolute Gasteiger partial charge is 0.326 e. The molecule has 3 N–H and O–H groups in total. The summed E-state index contributed by atoms with van der Waals surface area (Å²) in [6, 6.07) is 13.2. The average Bonchev–Trinajstić information content (AvgIpc) is 3.16. The lowest BCUT2D eigenvalue weighted by atomic mass is 10.2. The zero-order chi connectivity index (χ0) is 20.4. The zero-order valence-electron chi connectivity index (χ0n) is 15.0. The van der Waals surface area contributed by atoms with Gasteiger partial charge in [0, 0.05) is 17.7 Å². The molecule has 0 aliphatic heterocycles. The predicted octanol–water partition coefficient (Wildman–Crippen LogP) is 1.06. The summed E-state index contributed by atoms with van der Waals surface area (Å²) in [5, 5.41) is 9.39. The largest absolute Gasteiger partial charge is 0.439 e. The van der Waals surface area contributed by atoms with Crippen LogP contribution in [0.5, 0.6) is 0 Å². The molecule has 1 amide bonds. The number of aromatic amines is 2. The predicted molar refractivity (Wildman–Crippen MR) is 105 cm³/mol. The lowest BCUT2D eigenvalue weighted by Crippen LogP contribution is -2.31. The normalized spacial score (nSPS) is 10.9. The van der Waals surface area contributed by atoms with Gasteiger partial charge in [0.15, 0.2) is 5.82 Å². The molecular weight excluding hydrogens is 378 g/mol. The monoisotopic (exact) mass is 393 g/mol. The Hall–Kier alpha value is -4.21. The summed E-state index contributed by atoms with van der Waals surface area (Å²) in [4.78, 5) is 50.4. The van der Waals surface area contributed by atoms with E-state index in [0.717, 1.165) is 4.68 Å². The van der Waals surface area contributed by atoms with Crippen molar-refractivity contribution in [3.05, 3.63) is 79.8 Å². The zero-order valence-corrected chi connectivity index (χ0v) is 15.0. The molecule has 2 aromatic carbocycles. The van der Waals surface area contributed by atoms with E-state index in [1.807, 2.05) is 0 Å². The number of carbonyl (C=O) groups is 1. The fourth-order valence-electron chi connectivity index (χ4n) is 2.94. The van der Waals surface area contributed by atoms with Crippen LogP contribution in [0, 0.1) is 0 Å². The van der Waals surface area contributed by atoms with Gasteiger partial charge in [-0.15, -0.1) is 0 Å². The Morgan fingerprint density at radius 1 is 1.07 bits per heavy atom. The highest BCUT2D eigenvalue weighted by Gasteiger charge is 2.10. The molecule has 2 aromatic heterocycles. The van der Waals surface area contributed by atoms with Gasteiger partial charge in [-0.1, -0.05) is 29.4 Å². The Morgan fingerprint density at radius 2 is 1.86 bits per heavy atom. The summed E-state index contributed by atoms with van der Waals surface area (Å²) < 4.78 is 5.59. The van der Waals surface area contributed by atoms with Crippen molar-refractivity contribution in [3.63, 3.8) is 0 Å². The number of rotatable bonds is 5. The Kier molecular flexibility index (Phi) is 4.65. The first-order valence-corrected chi connectivity index (χ1v) is 8.69. The van der Waals surface area contributed by atoms with Gasteiger partial charge in [0.25, 0.3) is 11.1 Å². The second-order valence-electron chi connectivity index (χ2n) is 6.27. The maximum Gasteiger partial charge on any atom is 0.439 e.